The third-order valence-electron chi connectivity index (χ3n) is 8.07. The van der Waals surface area contributed by atoms with Gasteiger partial charge >= 0.3 is 16.4 Å². The first-order chi connectivity index (χ1) is 23.1. The predicted molar refractivity (Wildman–Crippen MR) is 152 cm³/mol. The summed E-state index contributed by atoms with van der Waals surface area (Å²) in [5.41, 5.74) is 0. The van der Waals surface area contributed by atoms with Crippen LogP contribution in [0, 0.1) is 0 Å². The van der Waals surface area contributed by atoms with Crippen LogP contribution in [0.5, 0.6) is 0 Å². The number of ether oxygens (including phenoxy) is 5. The third-order valence-corrected chi connectivity index (χ3v) is 8.50. The minimum Gasteiger partial charge on any atom is -0.477 e. The molecule has 16 atom stereocenters. The average molecular weight is 755 g/mol. The van der Waals surface area contributed by atoms with E-state index in [1.165, 1.54) is 0 Å². The van der Waals surface area contributed by atoms with Gasteiger partial charge in [-0.05, 0) is 0 Å². The number of hydrogen-bond donors (Lipinski definition) is 13. The van der Waals surface area contributed by atoms with E-state index in [1.54, 1.807) is 0 Å². The quantitative estimate of drug-likeness (QED) is 0.0732. The number of carboxylic acid groups (broad SMARTS) is 1. The third kappa shape index (κ3) is 9.98. The minimum absolute atomic E-state index is 0.754. The van der Waals surface area contributed by atoms with Gasteiger partial charge < -0.3 is 85.4 Å². The highest BCUT2D eigenvalue weighted by Crippen LogP contribution is 2.35. The highest BCUT2D eigenvalue weighted by molar-refractivity contribution is 7.80. The maximum Gasteiger partial charge on any atom is 0.397 e. The number of rotatable bonds is 14. The Morgan fingerprint density at radius 1 is 0.880 bits per heavy atom. The summed E-state index contributed by atoms with van der Waals surface area (Å²) in [7, 11) is -5.07. The van der Waals surface area contributed by atoms with Gasteiger partial charge in [-0.3, -0.25) is 14.1 Å². The monoisotopic (exact) mass is 754 g/mol. The molecule has 3 aliphatic heterocycles. The van der Waals surface area contributed by atoms with Crippen LogP contribution >= 0.6 is 0 Å². The Kier molecular flexibility index (Phi) is 14.4. The molecule has 25 heteroatoms. The van der Waals surface area contributed by atoms with Gasteiger partial charge in [0.15, 0.2) is 12.6 Å². The molecule has 24 nitrogen and oxygen atoms in total. The molecule has 2 unspecified atom stereocenters. The summed E-state index contributed by atoms with van der Waals surface area (Å²) in [6, 6.07) is -3.22. The topological polar surface area (TPSA) is 387 Å². The van der Waals surface area contributed by atoms with E-state index in [0.29, 0.717) is 0 Å². The van der Waals surface area contributed by atoms with E-state index in [9.17, 15) is 73.9 Å². The lowest BCUT2D eigenvalue weighted by molar-refractivity contribution is -0.351. The molecule has 0 spiro atoms. The minimum atomic E-state index is -5.07. The zero-order valence-electron chi connectivity index (χ0n) is 26.3. The van der Waals surface area contributed by atoms with Crippen molar-refractivity contribution in [3.05, 3.63) is 0 Å². The van der Waals surface area contributed by atoms with Gasteiger partial charge in [-0.15, -0.1) is 0 Å². The van der Waals surface area contributed by atoms with Gasteiger partial charge in [0.1, 0.15) is 67.1 Å². The first kappa shape index (κ1) is 42.1. The highest BCUT2D eigenvalue weighted by atomic mass is 32.3. The lowest BCUT2D eigenvalue weighted by Crippen LogP contribution is -2.69. The molecule has 50 heavy (non-hydrogen) atoms. The SMILES string of the molecule is CC(=O)N[C@@H]1[C@@H](O[C@@H]2O[C@H](COS(=O)(=O)O)[C@H](O)[C@H](O)[C@H]2O)[C@H](O)[C@@H](CO[C@]2(C(=O)O)C[C@H](O)[C@@H](NC(C)=O)[C@H](C(O)C(O)CO)O2)O[C@H]1O. The van der Waals surface area contributed by atoms with Gasteiger partial charge in [0, 0.05) is 20.3 Å². The summed E-state index contributed by atoms with van der Waals surface area (Å²) >= 11 is 0. The van der Waals surface area contributed by atoms with Crippen molar-refractivity contribution in [1.29, 1.82) is 0 Å². The normalized spacial score (nSPS) is 40.8. The number of aliphatic carboxylic acids is 1. The first-order valence-electron chi connectivity index (χ1n) is 14.8. The van der Waals surface area contributed by atoms with Crippen LogP contribution in [0.15, 0.2) is 0 Å². The van der Waals surface area contributed by atoms with Crippen LogP contribution < -0.4 is 10.6 Å². The fraction of sp³-hybridized carbons (Fsp3) is 0.880. The lowest BCUT2D eigenvalue weighted by Gasteiger charge is -2.48. The van der Waals surface area contributed by atoms with Gasteiger partial charge in [-0.2, -0.15) is 8.42 Å². The van der Waals surface area contributed by atoms with Crippen LogP contribution in [-0.4, -0.2) is 199 Å². The average Bonchev–Trinajstić information content (AvgIpc) is 3.02. The van der Waals surface area contributed by atoms with E-state index in [0.717, 1.165) is 13.8 Å². The summed E-state index contributed by atoms with van der Waals surface area (Å²) in [6.07, 6.45) is -26.7. The molecule has 0 aliphatic carbocycles. The molecule has 290 valence electrons. The molecular weight excluding hydrogens is 712 g/mol. The maximum absolute atomic E-state index is 12.5. The Morgan fingerprint density at radius 2 is 1.46 bits per heavy atom. The van der Waals surface area contributed by atoms with E-state index in [-0.39, 0.29) is 0 Å². The molecule has 3 rings (SSSR count). The molecule has 13 N–H and O–H groups in total. The molecule has 0 aromatic heterocycles. The second kappa shape index (κ2) is 17.0. The predicted octanol–water partition coefficient (Wildman–Crippen LogP) is -8.25. The number of carbonyl (C=O) groups is 3. The number of nitrogens with one attached hydrogen (secondary N) is 2. The van der Waals surface area contributed by atoms with Gasteiger partial charge in [0.05, 0.1) is 32.0 Å². The van der Waals surface area contributed by atoms with Crippen molar-refractivity contribution in [3.63, 3.8) is 0 Å². The summed E-state index contributed by atoms with van der Waals surface area (Å²) in [4.78, 5) is 36.2. The summed E-state index contributed by atoms with van der Waals surface area (Å²) in [5, 5.41) is 108. The Bertz CT molecular complexity index is 1290. The van der Waals surface area contributed by atoms with E-state index in [1.807, 2.05) is 0 Å². The number of carboxylic acids is 1. The van der Waals surface area contributed by atoms with Crippen molar-refractivity contribution < 1.29 is 106 Å². The van der Waals surface area contributed by atoms with Crippen LogP contribution in [0.1, 0.15) is 20.3 Å². The second-order valence-electron chi connectivity index (χ2n) is 11.8. The van der Waals surface area contributed by atoms with Gasteiger partial charge in [-0.25, -0.2) is 8.98 Å². The van der Waals surface area contributed by atoms with E-state index < -0.39 is 152 Å². The van der Waals surface area contributed by atoms with Crippen LogP contribution in [0.4, 0.5) is 0 Å². The molecule has 0 bridgehead atoms. The Labute approximate surface area is 283 Å². The van der Waals surface area contributed by atoms with Crippen molar-refractivity contribution in [2.45, 2.75) is 118 Å². The number of hydrogen-bond acceptors (Lipinski definition) is 20. The summed E-state index contributed by atoms with van der Waals surface area (Å²) < 4.78 is 62.2. The molecule has 0 aromatic rings. The van der Waals surface area contributed by atoms with E-state index >= 15 is 0 Å². The van der Waals surface area contributed by atoms with Gasteiger partial charge in [0.2, 0.25) is 11.8 Å². The summed E-state index contributed by atoms with van der Waals surface area (Å²) in [6.45, 7) is -1.17. The Balaban J connectivity index is 1.88. The van der Waals surface area contributed by atoms with Crippen molar-refractivity contribution in [1.82, 2.24) is 10.6 Å². The molecular formula is C25H42N2O22S. The summed E-state index contributed by atoms with van der Waals surface area (Å²) in [5.74, 6) is -6.40. The first-order valence-corrected chi connectivity index (χ1v) is 16.2. The van der Waals surface area contributed by atoms with Crippen molar-refractivity contribution in [2.75, 3.05) is 19.8 Å². The van der Waals surface area contributed by atoms with Crippen LogP contribution in [0.25, 0.3) is 0 Å². The maximum atomic E-state index is 12.5. The van der Waals surface area contributed by atoms with Crippen molar-refractivity contribution >= 4 is 28.2 Å². The van der Waals surface area contributed by atoms with Crippen molar-refractivity contribution in [2.24, 2.45) is 0 Å². The van der Waals surface area contributed by atoms with Crippen LogP contribution in [0.3, 0.4) is 0 Å². The number of amides is 2. The molecule has 3 fully saturated rings. The van der Waals surface area contributed by atoms with Crippen LogP contribution in [-0.2, 0) is 52.7 Å². The zero-order valence-corrected chi connectivity index (χ0v) is 27.1. The van der Waals surface area contributed by atoms with Crippen molar-refractivity contribution in [3.8, 4) is 0 Å². The van der Waals surface area contributed by atoms with E-state index in [2.05, 4.69) is 14.8 Å². The Morgan fingerprint density at radius 3 is 2.00 bits per heavy atom. The number of aliphatic hydroxyl groups is 9. The smallest absolute Gasteiger partial charge is 0.397 e. The lowest BCUT2D eigenvalue weighted by atomic mass is 9.88. The number of aliphatic hydroxyl groups excluding tert-OH is 9. The van der Waals surface area contributed by atoms with Gasteiger partial charge in [-0.1, -0.05) is 0 Å². The largest absolute Gasteiger partial charge is 0.477 e. The second-order valence-corrected chi connectivity index (χ2v) is 12.9. The standard InChI is InChI=1S/C25H42N2O22S/c1-7(29)26-13-9(31)3-25(24(39)40,49-21(13)15(33)10(32)4-28)44-5-11-17(35)20(14(22(38)46-11)27-8(2)30)48-23-19(37)18(36)16(34)12(47-23)6-45-50(41,42)43/h9-23,28,31-38H,3-6H2,1-2H3,(H,26,29)(H,27,30)(H,39,40)(H,41,42,43)/t9-,10?,11+,12+,13+,14+,15?,16-,17+,18-,19+,20+,21+,22+,23-,25+/m0/s1. The highest BCUT2D eigenvalue weighted by Gasteiger charge is 2.57. The Hall–Kier alpha value is -2.28. The van der Waals surface area contributed by atoms with E-state index in [4.69, 9.17) is 28.2 Å². The fourth-order valence-electron chi connectivity index (χ4n) is 5.59. The fourth-order valence-corrected chi connectivity index (χ4v) is 5.90. The molecule has 0 radical (unpaired) electrons. The number of carbonyl (C=O) groups excluding carboxylic acids is 2. The molecule has 3 aliphatic rings. The zero-order chi connectivity index (χ0) is 37.9. The molecule has 3 saturated heterocycles. The molecule has 2 amide bonds. The van der Waals surface area contributed by atoms with Crippen LogP contribution in [0.2, 0.25) is 0 Å². The molecule has 0 aromatic carbocycles. The van der Waals surface area contributed by atoms with Gasteiger partial charge in [0.25, 0.3) is 5.79 Å². The molecule has 3 heterocycles. The molecule has 0 saturated carbocycles.